The summed E-state index contributed by atoms with van der Waals surface area (Å²) in [5, 5.41) is 2.48. The van der Waals surface area contributed by atoms with Crippen LogP contribution in [-0.4, -0.2) is 22.5 Å². The lowest BCUT2D eigenvalue weighted by Crippen LogP contribution is -2.27. The predicted molar refractivity (Wildman–Crippen MR) is 71.8 cm³/mol. The minimum Gasteiger partial charge on any atom is -0.444 e. The summed E-state index contributed by atoms with van der Waals surface area (Å²) in [6, 6.07) is 3.23. The van der Waals surface area contributed by atoms with Crippen LogP contribution in [0.3, 0.4) is 0 Å². The number of hydrogen-bond acceptors (Lipinski definition) is 4. The number of aromatic nitrogens is 1. The van der Waals surface area contributed by atoms with Crippen LogP contribution in [0.2, 0.25) is 0 Å². The number of nitrogens with zero attached hydrogens (tertiary/aromatic N) is 1. The van der Waals surface area contributed by atoms with Gasteiger partial charge in [0, 0.05) is 11.4 Å². The summed E-state index contributed by atoms with van der Waals surface area (Å²) in [7, 11) is 0. The van der Waals surface area contributed by atoms with Gasteiger partial charge in [-0.1, -0.05) is 0 Å². The maximum atomic E-state index is 11.5. The Morgan fingerprint density at radius 3 is 2.44 bits per heavy atom. The molecule has 1 aromatic rings. The fourth-order valence-electron chi connectivity index (χ4n) is 1.17. The standard InChI is InChI=1S/C12H15BrN2O3/c1-7(16)10-8(13)5-6-9(14-10)15-11(17)18-12(2,3)4/h5-6H,1-4H3,(H,14,15,17). The Labute approximate surface area is 114 Å². The number of ketones is 1. The van der Waals surface area contributed by atoms with E-state index in [-0.39, 0.29) is 17.3 Å². The zero-order valence-electron chi connectivity index (χ0n) is 10.7. The molecule has 0 aromatic carbocycles. The van der Waals surface area contributed by atoms with Gasteiger partial charge in [-0.2, -0.15) is 0 Å². The van der Waals surface area contributed by atoms with Crippen LogP contribution in [0.25, 0.3) is 0 Å². The molecule has 0 spiro atoms. The first kappa shape index (κ1) is 14.6. The molecule has 1 heterocycles. The highest BCUT2D eigenvalue weighted by Crippen LogP contribution is 2.18. The van der Waals surface area contributed by atoms with E-state index >= 15 is 0 Å². The molecule has 1 amide bonds. The molecule has 1 rings (SSSR count). The van der Waals surface area contributed by atoms with Gasteiger partial charge in [0.1, 0.15) is 17.1 Å². The van der Waals surface area contributed by atoms with Crippen LogP contribution in [0.1, 0.15) is 38.2 Å². The van der Waals surface area contributed by atoms with E-state index in [2.05, 4.69) is 26.2 Å². The molecule has 0 aliphatic carbocycles. The molecular weight excluding hydrogens is 300 g/mol. The highest BCUT2D eigenvalue weighted by molar-refractivity contribution is 9.10. The van der Waals surface area contributed by atoms with E-state index in [9.17, 15) is 9.59 Å². The van der Waals surface area contributed by atoms with E-state index in [0.717, 1.165) is 0 Å². The van der Waals surface area contributed by atoms with Crippen LogP contribution in [0.4, 0.5) is 10.6 Å². The van der Waals surface area contributed by atoms with Crippen LogP contribution in [0, 0.1) is 0 Å². The first-order chi connectivity index (χ1) is 8.19. The van der Waals surface area contributed by atoms with Crippen molar-refractivity contribution in [1.29, 1.82) is 0 Å². The second kappa shape index (κ2) is 5.48. The largest absolute Gasteiger partial charge is 0.444 e. The van der Waals surface area contributed by atoms with Gasteiger partial charge in [-0.05, 0) is 48.8 Å². The average molecular weight is 315 g/mol. The Bertz CT molecular complexity index is 481. The second-order valence-corrected chi connectivity index (χ2v) is 5.56. The molecule has 0 atom stereocenters. The third-order valence-electron chi connectivity index (χ3n) is 1.81. The molecule has 18 heavy (non-hydrogen) atoms. The lowest BCUT2D eigenvalue weighted by molar-refractivity contribution is 0.0635. The molecule has 0 radical (unpaired) electrons. The first-order valence-electron chi connectivity index (χ1n) is 5.36. The van der Waals surface area contributed by atoms with Gasteiger partial charge < -0.3 is 4.74 Å². The topological polar surface area (TPSA) is 68.3 Å². The predicted octanol–water partition coefficient (Wildman–Crippen LogP) is 3.39. The molecule has 98 valence electrons. The number of rotatable bonds is 2. The van der Waals surface area contributed by atoms with Crippen molar-refractivity contribution in [2.75, 3.05) is 5.32 Å². The van der Waals surface area contributed by atoms with Gasteiger partial charge in [0.05, 0.1) is 0 Å². The number of ether oxygens (including phenoxy) is 1. The van der Waals surface area contributed by atoms with Gasteiger partial charge in [-0.3, -0.25) is 10.1 Å². The van der Waals surface area contributed by atoms with Crippen molar-refractivity contribution in [3.63, 3.8) is 0 Å². The highest BCUT2D eigenvalue weighted by Gasteiger charge is 2.17. The van der Waals surface area contributed by atoms with Crippen LogP contribution < -0.4 is 5.32 Å². The summed E-state index contributed by atoms with van der Waals surface area (Å²) < 4.78 is 5.67. The molecule has 0 saturated carbocycles. The van der Waals surface area contributed by atoms with Crippen LogP contribution >= 0.6 is 15.9 Å². The number of carbonyl (C=O) groups is 2. The molecule has 6 heteroatoms. The summed E-state index contributed by atoms with van der Waals surface area (Å²) in [5.74, 6) is 0.0902. The normalized spacial score (nSPS) is 10.9. The van der Waals surface area contributed by atoms with Crippen molar-refractivity contribution in [3.8, 4) is 0 Å². The van der Waals surface area contributed by atoms with Crippen molar-refractivity contribution in [2.45, 2.75) is 33.3 Å². The van der Waals surface area contributed by atoms with Gasteiger partial charge in [0.25, 0.3) is 0 Å². The maximum Gasteiger partial charge on any atom is 0.413 e. The number of halogens is 1. The number of amides is 1. The molecule has 1 aromatic heterocycles. The van der Waals surface area contributed by atoms with Gasteiger partial charge in [0.2, 0.25) is 0 Å². The maximum absolute atomic E-state index is 11.5. The minimum atomic E-state index is -0.605. The number of nitrogens with one attached hydrogen (secondary N) is 1. The quantitative estimate of drug-likeness (QED) is 0.849. The fraction of sp³-hybridized carbons (Fsp3) is 0.417. The van der Waals surface area contributed by atoms with Crippen LogP contribution in [-0.2, 0) is 4.74 Å². The second-order valence-electron chi connectivity index (χ2n) is 4.71. The Kier molecular flexibility index (Phi) is 4.45. The molecule has 0 aliphatic rings. The zero-order chi connectivity index (χ0) is 13.9. The van der Waals surface area contributed by atoms with Crippen LogP contribution in [0.15, 0.2) is 16.6 Å². The molecule has 0 bridgehead atoms. The minimum absolute atomic E-state index is 0.185. The lowest BCUT2D eigenvalue weighted by atomic mass is 10.2. The molecule has 5 nitrogen and oxygen atoms in total. The first-order valence-corrected chi connectivity index (χ1v) is 6.16. The summed E-state index contributed by atoms with van der Waals surface area (Å²) in [6.07, 6.45) is -0.605. The van der Waals surface area contributed by atoms with Gasteiger partial charge in [0.15, 0.2) is 5.78 Å². The molecule has 0 fully saturated rings. The third kappa shape index (κ3) is 4.44. The Morgan fingerprint density at radius 1 is 1.33 bits per heavy atom. The van der Waals surface area contributed by atoms with E-state index in [1.165, 1.54) is 6.92 Å². The summed E-state index contributed by atoms with van der Waals surface area (Å²) in [5.41, 5.74) is -0.313. The Morgan fingerprint density at radius 2 is 1.94 bits per heavy atom. The van der Waals surface area contributed by atoms with E-state index in [1.54, 1.807) is 32.9 Å². The van der Waals surface area contributed by atoms with Gasteiger partial charge >= 0.3 is 6.09 Å². The zero-order valence-corrected chi connectivity index (χ0v) is 12.3. The molecule has 0 unspecified atom stereocenters. The third-order valence-corrected chi connectivity index (χ3v) is 2.45. The summed E-state index contributed by atoms with van der Waals surface area (Å²) in [4.78, 5) is 26.9. The van der Waals surface area contributed by atoms with Gasteiger partial charge in [-0.25, -0.2) is 9.78 Å². The van der Waals surface area contributed by atoms with Crippen molar-refractivity contribution >= 4 is 33.6 Å². The number of pyridine rings is 1. The van der Waals surface area contributed by atoms with E-state index in [1.807, 2.05) is 0 Å². The molecular formula is C12H15BrN2O3. The number of hydrogen-bond donors (Lipinski definition) is 1. The Balaban J connectivity index is 2.83. The number of Topliss-reactive ketones (excluding diaryl/α,β-unsaturated/α-hetero) is 1. The van der Waals surface area contributed by atoms with E-state index < -0.39 is 11.7 Å². The summed E-state index contributed by atoms with van der Waals surface area (Å²) >= 11 is 3.22. The molecule has 0 aliphatic heterocycles. The van der Waals surface area contributed by atoms with Crippen LogP contribution in [0.5, 0.6) is 0 Å². The fourth-order valence-corrected chi connectivity index (χ4v) is 1.67. The van der Waals surface area contributed by atoms with E-state index in [4.69, 9.17) is 4.74 Å². The molecule has 1 N–H and O–H groups in total. The Hall–Kier alpha value is -1.43. The number of anilines is 1. The number of carbonyl (C=O) groups excluding carboxylic acids is 2. The smallest absolute Gasteiger partial charge is 0.413 e. The average Bonchev–Trinajstić information content (AvgIpc) is 2.17. The monoisotopic (exact) mass is 314 g/mol. The van der Waals surface area contributed by atoms with Crippen molar-refractivity contribution < 1.29 is 14.3 Å². The van der Waals surface area contributed by atoms with Crippen molar-refractivity contribution in [3.05, 3.63) is 22.3 Å². The van der Waals surface area contributed by atoms with E-state index in [0.29, 0.717) is 4.47 Å². The van der Waals surface area contributed by atoms with Gasteiger partial charge in [-0.15, -0.1) is 0 Å². The van der Waals surface area contributed by atoms with Crippen molar-refractivity contribution in [1.82, 2.24) is 4.98 Å². The lowest BCUT2D eigenvalue weighted by Gasteiger charge is -2.19. The van der Waals surface area contributed by atoms with Crippen molar-refractivity contribution in [2.24, 2.45) is 0 Å². The molecule has 0 saturated heterocycles. The SMILES string of the molecule is CC(=O)c1nc(NC(=O)OC(C)(C)C)ccc1Br. The summed E-state index contributed by atoms with van der Waals surface area (Å²) in [6.45, 7) is 6.71. The highest BCUT2D eigenvalue weighted by atomic mass is 79.9.